The van der Waals surface area contributed by atoms with Gasteiger partial charge in [-0.25, -0.2) is 0 Å². The minimum atomic E-state index is -0.0171. The lowest BCUT2D eigenvalue weighted by molar-refractivity contribution is 0.104. The Bertz CT molecular complexity index is 791. The second-order valence-corrected chi connectivity index (χ2v) is 6.04. The molecule has 0 aromatic heterocycles. The van der Waals surface area contributed by atoms with Gasteiger partial charge in [0.05, 0.1) is 14.2 Å². The molecule has 3 nitrogen and oxygen atoms in total. The van der Waals surface area contributed by atoms with E-state index in [9.17, 15) is 4.79 Å². The van der Waals surface area contributed by atoms with E-state index in [2.05, 4.69) is 15.9 Å². The minimum absolute atomic E-state index is 0.0171. The molecule has 0 saturated carbocycles. The van der Waals surface area contributed by atoms with E-state index < -0.39 is 0 Å². The number of rotatable bonds is 6. The smallest absolute Gasteiger partial charge is 0.186 e. The summed E-state index contributed by atoms with van der Waals surface area (Å²) in [5, 5.41) is 0. The summed E-state index contributed by atoms with van der Waals surface area (Å²) in [6, 6.07) is 11.3. The van der Waals surface area contributed by atoms with Gasteiger partial charge in [-0.3, -0.25) is 4.79 Å². The molecule has 0 heterocycles. The van der Waals surface area contributed by atoms with Crippen molar-refractivity contribution < 1.29 is 14.3 Å². The molecule has 0 atom stereocenters. The Hall–Kier alpha value is -2.33. The van der Waals surface area contributed by atoms with Gasteiger partial charge < -0.3 is 9.47 Å². The van der Waals surface area contributed by atoms with E-state index in [0.29, 0.717) is 17.1 Å². The van der Waals surface area contributed by atoms with Gasteiger partial charge >= 0.3 is 0 Å². The van der Waals surface area contributed by atoms with Gasteiger partial charge in [-0.05, 0) is 30.7 Å². The van der Waals surface area contributed by atoms with Crippen LogP contribution in [-0.2, 0) is 0 Å². The van der Waals surface area contributed by atoms with Gasteiger partial charge in [0.15, 0.2) is 17.3 Å². The normalized spacial score (nSPS) is 11.2. The number of hydrogen-bond acceptors (Lipinski definition) is 3. The highest BCUT2D eigenvalue weighted by Gasteiger charge is 2.09. The third-order valence-corrected chi connectivity index (χ3v) is 3.98. The summed E-state index contributed by atoms with van der Waals surface area (Å²) in [7, 11) is 3.19. The van der Waals surface area contributed by atoms with Crippen LogP contribution in [0, 0.1) is 6.92 Å². The summed E-state index contributed by atoms with van der Waals surface area (Å²) in [5.74, 6) is 1.28. The van der Waals surface area contributed by atoms with Crippen molar-refractivity contribution in [1.82, 2.24) is 0 Å². The Morgan fingerprint density at radius 3 is 2.50 bits per heavy atom. The summed E-state index contributed by atoms with van der Waals surface area (Å²) >= 11 is 3.45. The third-order valence-electron chi connectivity index (χ3n) is 3.52. The van der Waals surface area contributed by atoms with E-state index in [1.165, 1.54) is 0 Å². The van der Waals surface area contributed by atoms with Crippen LogP contribution in [0.5, 0.6) is 11.5 Å². The first-order valence-electron chi connectivity index (χ1n) is 7.43. The van der Waals surface area contributed by atoms with Gasteiger partial charge in [0.25, 0.3) is 0 Å². The molecule has 2 aromatic rings. The number of hydrogen-bond donors (Lipinski definition) is 0. The monoisotopic (exact) mass is 386 g/mol. The van der Waals surface area contributed by atoms with Crippen molar-refractivity contribution in [3.05, 3.63) is 75.8 Å². The molecular formula is C20H19BrO3. The molecule has 0 saturated heterocycles. The number of ketones is 1. The standard InChI is InChI=1S/C20H19BrO3/c1-14-8-4-6-10-17(14)18(22)11-7-5-9-15-12-16(21)13-19(23-2)20(15)24-3/h4-13H,1-3H3/b9-5+,11-7+. The highest BCUT2D eigenvalue weighted by molar-refractivity contribution is 9.10. The van der Waals surface area contributed by atoms with Crippen molar-refractivity contribution in [2.75, 3.05) is 14.2 Å². The highest BCUT2D eigenvalue weighted by atomic mass is 79.9. The summed E-state index contributed by atoms with van der Waals surface area (Å²) in [6.45, 7) is 1.93. The fourth-order valence-electron chi connectivity index (χ4n) is 2.32. The number of allylic oxidation sites excluding steroid dienone is 3. The number of benzene rings is 2. The van der Waals surface area contributed by atoms with Crippen molar-refractivity contribution in [2.24, 2.45) is 0 Å². The van der Waals surface area contributed by atoms with E-state index in [0.717, 1.165) is 15.6 Å². The van der Waals surface area contributed by atoms with Gasteiger partial charge in [-0.15, -0.1) is 0 Å². The Morgan fingerprint density at radius 1 is 1.08 bits per heavy atom. The molecule has 2 aromatic carbocycles. The van der Waals surface area contributed by atoms with Crippen LogP contribution in [0.4, 0.5) is 0 Å². The van der Waals surface area contributed by atoms with Crippen LogP contribution in [0.3, 0.4) is 0 Å². The lowest BCUT2D eigenvalue weighted by Crippen LogP contribution is -1.96. The first-order chi connectivity index (χ1) is 11.6. The molecular weight excluding hydrogens is 368 g/mol. The zero-order valence-corrected chi connectivity index (χ0v) is 15.5. The van der Waals surface area contributed by atoms with E-state index >= 15 is 0 Å². The van der Waals surface area contributed by atoms with Crippen LogP contribution < -0.4 is 9.47 Å². The maximum Gasteiger partial charge on any atom is 0.186 e. The van der Waals surface area contributed by atoms with E-state index in [4.69, 9.17) is 9.47 Å². The van der Waals surface area contributed by atoms with E-state index in [1.807, 2.05) is 49.4 Å². The SMILES string of the molecule is COc1cc(Br)cc(/C=C/C=C/C(=O)c2ccccc2C)c1OC. The molecule has 0 radical (unpaired) electrons. The summed E-state index contributed by atoms with van der Waals surface area (Å²) in [4.78, 5) is 12.2. The molecule has 0 aliphatic heterocycles. The van der Waals surface area contributed by atoms with Gasteiger partial charge in [-0.1, -0.05) is 58.4 Å². The van der Waals surface area contributed by atoms with Crippen molar-refractivity contribution in [2.45, 2.75) is 6.92 Å². The topological polar surface area (TPSA) is 35.5 Å². The molecule has 0 unspecified atom stereocenters. The second-order valence-electron chi connectivity index (χ2n) is 5.13. The van der Waals surface area contributed by atoms with Crippen LogP contribution >= 0.6 is 15.9 Å². The number of methoxy groups -OCH3 is 2. The maximum absolute atomic E-state index is 12.2. The zero-order valence-electron chi connectivity index (χ0n) is 13.9. The number of halogens is 1. The number of carbonyl (C=O) groups is 1. The van der Waals surface area contributed by atoms with Crippen LogP contribution in [0.2, 0.25) is 0 Å². The van der Waals surface area contributed by atoms with Crippen molar-refractivity contribution >= 4 is 27.8 Å². The summed E-state index contributed by atoms with van der Waals surface area (Å²) < 4.78 is 11.6. The predicted molar refractivity (Wildman–Crippen MR) is 101 cm³/mol. The second kappa shape index (κ2) is 8.50. The number of ether oxygens (including phenoxy) is 2. The molecule has 0 bridgehead atoms. The zero-order chi connectivity index (χ0) is 17.5. The van der Waals surface area contributed by atoms with Crippen LogP contribution in [0.15, 0.2) is 59.1 Å². The highest BCUT2D eigenvalue weighted by Crippen LogP contribution is 2.35. The Balaban J connectivity index is 2.19. The average Bonchev–Trinajstić information content (AvgIpc) is 2.58. The Morgan fingerprint density at radius 2 is 1.83 bits per heavy atom. The molecule has 2 rings (SSSR count). The average molecular weight is 387 g/mol. The Kier molecular flexibility index (Phi) is 6.38. The Labute approximate surface area is 150 Å². The van der Waals surface area contributed by atoms with Gasteiger partial charge in [0.1, 0.15) is 0 Å². The van der Waals surface area contributed by atoms with Crippen molar-refractivity contribution in [1.29, 1.82) is 0 Å². The molecule has 0 aliphatic rings. The minimum Gasteiger partial charge on any atom is -0.493 e. The molecule has 0 aliphatic carbocycles. The molecule has 4 heteroatoms. The predicted octanol–water partition coefficient (Wildman–Crippen LogP) is 5.23. The molecule has 24 heavy (non-hydrogen) atoms. The molecule has 0 spiro atoms. The fraction of sp³-hybridized carbons (Fsp3) is 0.150. The van der Waals surface area contributed by atoms with Crippen LogP contribution in [-0.4, -0.2) is 20.0 Å². The van der Waals surface area contributed by atoms with Crippen LogP contribution in [0.25, 0.3) is 6.08 Å². The largest absolute Gasteiger partial charge is 0.493 e. The third kappa shape index (κ3) is 4.36. The van der Waals surface area contributed by atoms with Crippen molar-refractivity contribution in [3.63, 3.8) is 0 Å². The lowest BCUT2D eigenvalue weighted by Gasteiger charge is -2.11. The molecule has 0 amide bonds. The van der Waals surface area contributed by atoms with Gasteiger partial charge in [0, 0.05) is 15.6 Å². The van der Waals surface area contributed by atoms with E-state index in [1.54, 1.807) is 32.4 Å². The summed E-state index contributed by atoms with van der Waals surface area (Å²) in [6.07, 6.45) is 6.95. The first-order valence-corrected chi connectivity index (χ1v) is 8.22. The molecule has 0 fully saturated rings. The fourth-order valence-corrected chi connectivity index (χ4v) is 2.78. The van der Waals surface area contributed by atoms with Crippen molar-refractivity contribution in [3.8, 4) is 11.5 Å². The number of aryl methyl sites for hydroxylation is 1. The van der Waals surface area contributed by atoms with Crippen LogP contribution in [0.1, 0.15) is 21.5 Å². The lowest BCUT2D eigenvalue weighted by atomic mass is 10.0. The maximum atomic E-state index is 12.2. The quantitative estimate of drug-likeness (QED) is 0.387. The first kappa shape index (κ1) is 18.0. The van der Waals surface area contributed by atoms with Gasteiger partial charge in [0.2, 0.25) is 0 Å². The van der Waals surface area contributed by atoms with Gasteiger partial charge in [-0.2, -0.15) is 0 Å². The molecule has 0 N–H and O–H groups in total. The number of carbonyl (C=O) groups excluding carboxylic acids is 1. The molecule has 124 valence electrons. The van der Waals surface area contributed by atoms with E-state index in [-0.39, 0.29) is 5.78 Å². The summed E-state index contributed by atoms with van der Waals surface area (Å²) in [5.41, 5.74) is 2.54.